The van der Waals surface area contributed by atoms with Crippen molar-refractivity contribution < 1.29 is 18.9 Å². The Kier molecular flexibility index (Phi) is 7.78. The third-order valence-corrected chi connectivity index (χ3v) is 6.19. The van der Waals surface area contributed by atoms with E-state index in [1.165, 1.54) is 48.2 Å². The molecule has 0 bridgehead atoms. The number of thioether (sulfide) groups is 1. The Morgan fingerprint density at radius 2 is 1.79 bits per heavy atom. The van der Waals surface area contributed by atoms with Crippen LogP contribution in [0.15, 0.2) is 71.6 Å². The minimum Gasteiger partial charge on any atom is -0.325 e. The lowest BCUT2D eigenvalue weighted by atomic mass is 10.1. The summed E-state index contributed by atoms with van der Waals surface area (Å²) in [5.74, 6) is -1.07. The van der Waals surface area contributed by atoms with Gasteiger partial charge in [-0.3, -0.25) is 19.7 Å². The summed E-state index contributed by atoms with van der Waals surface area (Å²) in [5, 5.41) is 16.1. The van der Waals surface area contributed by atoms with Crippen molar-refractivity contribution in [3.8, 4) is 0 Å². The Bertz CT molecular complexity index is 1180. The molecule has 3 rings (SSSR count). The number of amides is 2. The number of nitrogens with zero attached hydrogens (tertiary/aromatic N) is 1. The lowest BCUT2D eigenvalue weighted by molar-refractivity contribution is -0.384. The van der Waals surface area contributed by atoms with Crippen LogP contribution in [0, 0.1) is 22.9 Å². The zero-order chi connectivity index (χ0) is 24.0. The summed E-state index contributed by atoms with van der Waals surface area (Å²) in [6.45, 7) is 3.64. The van der Waals surface area contributed by atoms with Gasteiger partial charge < -0.3 is 10.6 Å². The fourth-order valence-corrected chi connectivity index (χ4v) is 4.02. The fourth-order valence-electron chi connectivity index (χ4n) is 3.01. The van der Waals surface area contributed by atoms with E-state index in [0.717, 1.165) is 10.5 Å². The standard InChI is InChI=1S/C24H22FN3O4S/c1-3-22(24(30)27-21-14-19(28(31)32)12-7-15(21)2)33-20-6-4-5-18(13-20)26-23(29)16-8-10-17(25)11-9-16/h4-14,22H,3H2,1-2H3,(H,26,29)(H,27,30). The monoisotopic (exact) mass is 467 g/mol. The molecule has 0 aliphatic rings. The van der Waals surface area contributed by atoms with Crippen LogP contribution in [-0.2, 0) is 4.79 Å². The molecule has 0 heterocycles. The number of hydrogen-bond donors (Lipinski definition) is 2. The predicted molar refractivity (Wildman–Crippen MR) is 127 cm³/mol. The highest BCUT2D eigenvalue weighted by Gasteiger charge is 2.20. The van der Waals surface area contributed by atoms with E-state index in [2.05, 4.69) is 10.6 Å². The molecule has 0 radical (unpaired) electrons. The first-order valence-electron chi connectivity index (χ1n) is 10.2. The summed E-state index contributed by atoms with van der Waals surface area (Å²) >= 11 is 1.32. The number of nitrogens with one attached hydrogen (secondary N) is 2. The SMILES string of the molecule is CCC(Sc1cccc(NC(=O)c2ccc(F)cc2)c1)C(=O)Nc1cc([N+](=O)[O-])ccc1C. The Balaban J connectivity index is 1.69. The van der Waals surface area contributed by atoms with Gasteiger partial charge in [-0.15, -0.1) is 11.8 Å². The molecule has 1 unspecified atom stereocenters. The van der Waals surface area contributed by atoms with Crippen LogP contribution in [0.4, 0.5) is 21.5 Å². The first kappa shape index (κ1) is 23.9. The molecule has 170 valence electrons. The summed E-state index contributed by atoms with van der Waals surface area (Å²) in [5.41, 5.74) is 1.89. The van der Waals surface area contributed by atoms with Gasteiger partial charge in [0, 0.05) is 28.3 Å². The third-order valence-electron chi connectivity index (χ3n) is 4.83. The van der Waals surface area contributed by atoms with Crippen LogP contribution in [0.25, 0.3) is 0 Å². The zero-order valence-corrected chi connectivity index (χ0v) is 18.8. The van der Waals surface area contributed by atoms with Crippen LogP contribution >= 0.6 is 11.8 Å². The molecule has 0 saturated carbocycles. The minimum absolute atomic E-state index is 0.0961. The van der Waals surface area contributed by atoms with Gasteiger partial charge in [-0.25, -0.2) is 4.39 Å². The zero-order valence-electron chi connectivity index (χ0n) is 18.0. The van der Waals surface area contributed by atoms with Gasteiger partial charge in [0.2, 0.25) is 5.91 Å². The molecule has 3 aromatic carbocycles. The third kappa shape index (κ3) is 6.39. The normalized spacial score (nSPS) is 11.5. The molecule has 1 atom stereocenters. The maximum Gasteiger partial charge on any atom is 0.271 e. The number of anilines is 2. The second-order valence-corrected chi connectivity index (χ2v) is 8.53. The molecule has 33 heavy (non-hydrogen) atoms. The summed E-state index contributed by atoms with van der Waals surface area (Å²) in [4.78, 5) is 36.5. The van der Waals surface area contributed by atoms with Crippen LogP contribution < -0.4 is 10.6 Å². The Morgan fingerprint density at radius 3 is 2.45 bits per heavy atom. The van der Waals surface area contributed by atoms with Gasteiger partial charge in [0.05, 0.1) is 15.9 Å². The second-order valence-electron chi connectivity index (χ2n) is 7.25. The van der Waals surface area contributed by atoms with Crippen LogP contribution in [0.1, 0.15) is 29.3 Å². The molecule has 2 N–H and O–H groups in total. The number of carbonyl (C=O) groups is 2. The van der Waals surface area contributed by atoms with E-state index >= 15 is 0 Å². The Labute approximate surface area is 194 Å². The first-order valence-corrected chi connectivity index (χ1v) is 11.0. The van der Waals surface area contributed by atoms with E-state index < -0.39 is 16.0 Å². The van der Waals surface area contributed by atoms with Gasteiger partial charge in [-0.2, -0.15) is 0 Å². The van der Waals surface area contributed by atoms with E-state index in [1.54, 1.807) is 31.2 Å². The first-order chi connectivity index (χ1) is 15.8. The van der Waals surface area contributed by atoms with Gasteiger partial charge in [0.1, 0.15) is 5.82 Å². The number of nitro groups is 1. The maximum absolute atomic E-state index is 13.1. The van der Waals surface area contributed by atoms with E-state index in [0.29, 0.717) is 23.4 Å². The summed E-state index contributed by atoms with van der Waals surface area (Å²) in [6.07, 6.45) is 0.524. The number of benzene rings is 3. The molecule has 9 heteroatoms. The predicted octanol–water partition coefficient (Wildman–Crippen LogP) is 5.80. The molecule has 7 nitrogen and oxygen atoms in total. The molecule has 0 aliphatic heterocycles. The molecular weight excluding hydrogens is 445 g/mol. The Morgan fingerprint density at radius 1 is 1.06 bits per heavy atom. The highest BCUT2D eigenvalue weighted by molar-refractivity contribution is 8.00. The quantitative estimate of drug-likeness (QED) is 0.248. The highest BCUT2D eigenvalue weighted by Crippen LogP contribution is 2.30. The largest absolute Gasteiger partial charge is 0.325 e. The van der Waals surface area contributed by atoms with Crippen molar-refractivity contribution in [2.45, 2.75) is 30.4 Å². The molecule has 0 spiro atoms. The van der Waals surface area contributed by atoms with Crippen LogP contribution in [0.5, 0.6) is 0 Å². The van der Waals surface area contributed by atoms with Gasteiger partial charge in [-0.05, 0) is 61.4 Å². The van der Waals surface area contributed by atoms with Crippen molar-refractivity contribution in [1.82, 2.24) is 0 Å². The van der Waals surface area contributed by atoms with Crippen molar-refractivity contribution in [2.24, 2.45) is 0 Å². The summed E-state index contributed by atoms with van der Waals surface area (Å²) in [7, 11) is 0. The number of nitro benzene ring substituents is 1. The van der Waals surface area contributed by atoms with E-state index in [9.17, 15) is 24.1 Å². The lowest BCUT2D eigenvalue weighted by Crippen LogP contribution is -2.25. The van der Waals surface area contributed by atoms with Crippen LogP contribution in [0.3, 0.4) is 0 Å². The average Bonchev–Trinajstić information content (AvgIpc) is 2.79. The van der Waals surface area contributed by atoms with Crippen molar-refractivity contribution in [3.63, 3.8) is 0 Å². The van der Waals surface area contributed by atoms with E-state index in [4.69, 9.17) is 0 Å². The highest BCUT2D eigenvalue weighted by atomic mass is 32.2. The average molecular weight is 468 g/mol. The summed E-state index contributed by atoms with van der Waals surface area (Å²) < 4.78 is 13.1. The molecule has 0 aliphatic carbocycles. The minimum atomic E-state index is -0.507. The van der Waals surface area contributed by atoms with Gasteiger partial charge in [0.25, 0.3) is 11.6 Å². The Hall–Kier alpha value is -3.72. The lowest BCUT2D eigenvalue weighted by Gasteiger charge is -2.16. The number of aryl methyl sites for hydroxylation is 1. The fraction of sp³-hybridized carbons (Fsp3) is 0.167. The number of hydrogen-bond acceptors (Lipinski definition) is 5. The molecule has 3 aromatic rings. The molecule has 0 saturated heterocycles. The van der Waals surface area contributed by atoms with Crippen LogP contribution in [0.2, 0.25) is 0 Å². The molecule has 0 aromatic heterocycles. The van der Waals surface area contributed by atoms with E-state index in [1.807, 2.05) is 13.0 Å². The second kappa shape index (κ2) is 10.7. The van der Waals surface area contributed by atoms with Crippen LogP contribution in [-0.4, -0.2) is 22.0 Å². The number of halogens is 1. The number of non-ortho nitro benzene ring substituents is 1. The topological polar surface area (TPSA) is 101 Å². The number of carbonyl (C=O) groups excluding carboxylic acids is 2. The van der Waals surface area contributed by atoms with Crippen molar-refractivity contribution in [2.75, 3.05) is 10.6 Å². The van der Waals surface area contributed by atoms with Gasteiger partial charge >= 0.3 is 0 Å². The van der Waals surface area contributed by atoms with Gasteiger partial charge in [0.15, 0.2) is 0 Å². The molecular formula is C24H22FN3O4S. The molecule has 2 amide bonds. The van der Waals surface area contributed by atoms with Gasteiger partial charge in [-0.1, -0.05) is 19.1 Å². The summed E-state index contributed by atoms with van der Waals surface area (Å²) in [6, 6.07) is 16.6. The maximum atomic E-state index is 13.1. The smallest absolute Gasteiger partial charge is 0.271 e. The van der Waals surface area contributed by atoms with Crippen molar-refractivity contribution in [1.29, 1.82) is 0 Å². The number of rotatable bonds is 8. The molecule has 0 fully saturated rings. The van der Waals surface area contributed by atoms with Crippen molar-refractivity contribution >= 4 is 40.6 Å². The van der Waals surface area contributed by atoms with E-state index in [-0.39, 0.29) is 17.5 Å². The van der Waals surface area contributed by atoms with Crippen molar-refractivity contribution in [3.05, 3.63) is 93.8 Å².